The Kier molecular flexibility index (Phi) is 9.25. The van der Waals surface area contributed by atoms with Crippen LogP contribution in [0.25, 0.3) is 0 Å². The summed E-state index contributed by atoms with van der Waals surface area (Å²) in [6, 6.07) is 0. The molecular formula is C11H22S. The van der Waals surface area contributed by atoms with Crippen molar-refractivity contribution in [3.63, 3.8) is 0 Å². The van der Waals surface area contributed by atoms with Crippen molar-refractivity contribution in [2.24, 2.45) is 0 Å². The van der Waals surface area contributed by atoms with Crippen molar-refractivity contribution in [1.82, 2.24) is 0 Å². The average Bonchev–Trinajstić information content (AvgIpc) is 2.10. The summed E-state index contributed by atoms with van der Waals surface area (Å²) in [5, 5.41) is 0.853. The van der Waals surface area contributed by atoms with Gasteiger partial charge >= 0.3 is 0 Å². The summed E-state index contributed by atoms with van der Waals surface area (Å²) in [7, 11) is 0. The fourth-order valence-corrected chi connectivity index (χ4v) is 1.56. The van der Waals surface area contributed by atoms with Crippen LogP contribution in [0.15, 0.2) is 12.2 Å². The molecule has 0 amide bonds. The van der Waals surface area contributed by atoms with Crippen molar-refractivity contribution >= 4 is 11.8 Å². The fourth-order valence-electron chi connectivity index (χ4n) is 1.16. The molecule has 0 fully saturated rings. The highest BCUT2D eigenvalue weighted by Crippen LogP contribution is 2.14. The number of hydrogen-bond donors (Lipinski definition) is 0. The van der Waals surface area contributed by atoms with Gasteiger partial charge in [0.15, 0.2) is 0 Å². The van der Waals surface area contributed by atoms with Crippen molar-refractivity contribution in [2.45, 2.75) is 51.2 Å². The summed E-state index contributed by atoms with van der Waals surface area (Å²) in [6.45, 7) is 4.41. The molecule has 0 aliphatic carbocycles. The molecule has 0 nitrogen and oxygen atoms in total. The maximum absolute atomic E-state index is 2.32. The van der Waals surface area contributed by atoms with Gasteiger partial charge in [-0.1, -0.05) is 31.9 Å². The average molecular weight is 186 g/mol. The minimum Gasteiger partial charge on any atom is -0.162 e. The van der Waals surface area contributed by atoms with Crippen molar-refractivity contribution in [2.75, 3.05) is 6.26 Å². The Morgan fingerprint density at radius 2 is 2.00 bits per heavy atom. The van der Waals surface area contributed by atoms with Crippen LogP contribution < -0.4 is 0 Å². The van der Waals surface area contributed by atoms with Crippen LogP contribution in [0.2, 0.25) is 0 Å². The molecule has 0 aliphatic heterocycles. The standard InChI is InChI=1S/C11H22S/c1-4-5-6-7-8-9-10-11(2)12-3/h4-5,11H,6-10H2,1-3H3/b5-4+. The second kappa shape index (κ2) is 9.18. The predicted octanol–water partition coefficient (Wildman–Crippen LogP) is 4.26. The molecule has 0 saturated heterocycles. The van der Waals surface area contributed by atoms with E-state index in [1.807, 2.05) is 11.8 Å². The van der Waals surface area contributed by atoms with Crippen LogP contribution in [0, 0.1) is 0 Å². The van der Waals surface area contributed by atoms with Crippen molar-refractivity contribution in [3.05, 3.63) is 12.2 Å². The van der Waals surface area contributed by atoms with Crippen molar-refractivity contribution in [1.29, 1.82) is 0 Å². The molecule has 0 N–H and O–H groups in total. The second-order valence-corrected chi connectivity index (χ2v) is 4.53. The first-order valence-electron chi connectivity index (χ1n) is 4.95. The molecule has 0 aromatic carbocycles. The summed E-state index contributed by atoms with van der Waals surface area (Å²) in [6.07, 6.45) is 13.4. The van der Waals surface area contributed by atoms with E-state index >= 15 is 0 Å². The number of allylic oxidation sites excluding steroid dienone is 2. The van der Waals surface area contributed by atoms with Crippen molar-refractivity contribution in [3.8, 4) is 0 Å². The molecule has 0 spiro atoms. The molecule has 0 aromatic rings. The van der Waals surface area contributed by atoms with Crippen LogP contribution in [0.5, 0.6) is 0 Å². The van der Waals surface area contributed by atoms with E-state index in [0.717, 1.165) is 5.25 Å². The van der Waals surface area contributed by atoms with Crippen LogP contribution in [-0.2, 0) is 0 Å². The highest BCUT2D eigenvalue weighted by molar-refractivity contribution is 7.99. The molecular weight excluding hydrogens is 164 g/mol. The van der Waals surface area contributed by atoms with Gasteiger partial charge in [0.2, 0.25) is 0 Å². The predicted molar refractivity (Wildman–Crippen MR) is 60.9 cm³/mol. The molecule has 72 valence electrons. The lowest BCUT2D eigenvalue weighted by molar-refractivity contribution is 0.644. The molecule has 0 aliphatic rings. The molecule has 0 heterocycles. The van der Waals surface area contributed by atoms with Crippen LogP contribution in [-0.4, -0.2) is 11.5 Å². The molecule has 1 heteroatoms. The summed E-state index contributed by atoms with van der Waals surface area (Å²) >= 11 is 1.98. The topological polar surface area (TPSA) is 0 Å². The highest BCUT2D eigenvalue weighted by Gasteiger charge is 1.97. The third-order valence-electron chi connectivity index (χ3n) is 2.12. The molecule has 1 atom stereocenters. The Morgan fingerprint density at radius 3 is 2.58 bits per heavy atom. The lowest BCUT2D eigenvalue weighted by atomic mass is 10.1. The van der Waals surface area contributed by atoms with Crippen molar-refractivity contribution < 1.29 is 0 Å². The van der Waals surface area contributed by atoms with E-state index in [4.69, 9.17) is 0 Å². The second-order valence-electron chi connectivity index (χ2n) is 3.25. The number of thioether (sulfide) groups is 1. The Labute approximate surface area is 81.8 Å². The molecule has 0 rings (SSSR count). The van der Waals surface area contributed by atoms with Crippen LogP contribution in [0.1, 0.15) is 46.0 Å². The van der Waals surface area contributed by atoms with Gasteiger partial charge in [-0.3, -0.25) is 0 Å². The van der Waals surface area contributed by atoms with E-state index in [-0.39, 0.29) is 0 Å². The van der Waals surface area contributed by atoms with Gasteiger partial charge in [-0.2, -0.15) is 11.8 Å². The Balaban J connectivity index is 3.00. The summed E-state index contributed by atoms with van der Waals surface area (Å²) in [5.41, 5.74) is 0. The molecule has 0 aromatic heterocycles. The van der Waals surface area contributed by atoms with Gasteiger partial charge in [0.05, 0.1) is 0 Å². The van der Waals surface area contributed by atoms with Gasteiger partial charge in [0.1, 0.15) is 0 Å². The lowest BCUT2D eigenvalue weighted by Crippen LogP contribution is -1.93. The summed E-state index contributed by atoms with van der Waals surface area (Å²) < 4.78 is 0. The quantitative estimate of drug-likeness (QED) is 0.423. The third kappa shape index (κ3) is 8.19. The number of unbranched alkanes of at least 4 members (excludes halogenated alkanes) is 3. The van der Waals surface area contributed by atoms with Gasteiger partial charge in [-0.25, -0.2) is 0 Å². The molecule has 0 radical (unpaired) electrons. The SMILES string of the molecule is C/C=C/CCCCCC(C)SC. The van der Waals surface area contributed by atoms with Crippen LogP contribution >= 0.6 is 11.8 Å². The monoisotopic (exact) mass is 186 g/mol. The van der Waals surface area contributed by atoms with Crippen LogP contribution in [0.3, 0.4) is 0 Å². The first-order valence-corrected chi connectivity index (χ1v) is 6.24. The Bertz CT molecular complexity index is 108. The summed E-state index contributed by atoms with van der Waals surface area (Å²) in [4.78, 5) is 0. The Hall–Kier alpha value is 0.0900. The Morgan fingerprint density at radius 1 is 1.25 bits per heavy atom. The van der Waals surface area contributed by atoms with Gasteiger partial charge in [-0.15, -0.1) is 0 Å². The largest absolute Gasteiger partial charge is 0.162 e. The van der Waals surface area contributed by atoms with Gasteiger partial charge in [-0.05, 0) is 32.4 Å². The van der Waals surface area contributed by atoms with Gasteiger partial charge in [0, 0.05) is 5.25 Å². The molecule has 0 bridgehead atoms. The highest BCUT2D eigenvalue weighted by atomic mass is 32.2. The van der Waals surface area contributed by atoms with E-state index in [0.29, 0.717) is 0 Å². The third-order valence-corrected chi connectivity index (χ3v) is 3.16. The first kappa shape index (κ1) is 12.1. The minimum atomic E-state index is 0.853. The van der Waals surface area contributed by atoms with E-state index < -0.39 is 0 Å². The molecule has 1 unspecified atom stereocenters. The van der Waals surface area contributed by atoms with E-state index in [1.54, 1.807) is 0 Å². The first-order chi connectivity index (χ1) is 5.81. The fraction of sp³-hybridized carbons (Fsp3) is 0.818. The lowest BCUT2D eigenvalue weighted by Gasteiger charge is -2.06. The smallest absolute Gasteiger partial charge is 0.00159 e. The zero-order valence-corrected chi connectivity index (χ0v) is 9.49. The van der Waals surface area contributed by atoms with E-state index in [1.165, 1.54) is 32.1 Å². The van der Waals surface area contributed by atoms with Gasteiger partial charge < -0.3 is 0 Å². The maximum atomic E-state index is 2.32. The maximum Gasteiger partial charge on any atom is 0.00159 e. The normalized spacial score (nSPS) is 13.9. The minimum absolute atomic E-state index is 0.853. The van der Waals surface area contributed by atoms with Crippen LogP contribution in [0.4, 0.5) is 0 Å². The molecule has 0 saturated carbocycles. The zero-order valence-electron chi connectivity index (χ0n) is 8.68. The summed E-state index contributed by atoms with van der Waals surface area (Å²) in [5.74, 6) is 0. The molecule has 12 heavy (non-hydrogen) atoms. The number of rotatable bonds is 7. The van der Waals surface area contributed by atoms with E-state index in [9.17, 15) is 0 Å². The van der Waals surface area contributed by atoms with Gasteiger partial charge in [0.25, 0.3) is 0 Å². The number of hydrogen-bond acceptors (Lipinski definition) is 1. The van der Waals surface area contributed by atoms with E-state index in [2.05, 4.69) is 32.3 Å². The zero-order chi connectivity index (χ0) is 9.23.